The molecule has 1 saturated heterocycles. The van der Waals surface area contributed by atoms with Gasteiger partial charge in [-0.2, -0.15) is 5.01 Å². The van der Waals surface area contributed by atoms with Gasteiger partial charge >= 0.3 is 6.03 Å². The van der Waals surface area contributed by atoms with Gasteiger partial charge in [-0.3, -0.25) is 20.0 Å². The molecule has 1 aromatic heterocycles. The van der Waals surface area contributed by atoms with Gasteiger partial charge in [0.05, 0.1) is 5.56 Å². The second kappa shape index (κ2) is 5.40. The summed E-state index contributed by atoms with van der Waals surface area (Å²) in [6.07, 6.45) is 5.52. The number of carbonyl (C=O) groups excluding carboxylic acids is 3. The van der Waals surface area contributed by atoms with Crippen molar-refractivity contribution in [1.29, 1.82) is 0 Å². The van der Waals surface area contributed by atoms with Crippen LogP contribution < -0.4 is 10.7 Å². The predicted octanol–water partition coefficient (Wildman–Crippen LogP) is 1.29. The fourth-order valence-electron chi connectivity index (χ4n) is 2.98. The third-order valence-corrected chi connectivity index (χ3v) is 4.26. The molecule has 2 aliphatic rings. The van der Waals surface area contributed by atoms with Crippen LogP contribution >= 0.6 is 0 Å². The van der Waals surface area contributed by atoms with E-state index in [1.165, 1.54) is 6.20 Å². The Morgan fingerprint density at radius 1 is 1.27 bits per heavy atom. The minimum Gasteiger partial charge on any atom is -0.322 e. The van der Waals surface area contributed by atoms with E-state index in [-0.39, 0.29) is 5.91 Å². The molecule has 0 atom stereocenters. The molecular formula is C15H18N4O3. The SMILES string of the molecule is Cc1ccc(C(=O)NN2C(=O)NC3(CCCCC3)C2=O)cn1. The number of hydrazine groups is 1. The van der Waals surface area contributed by atoms with E-state index in [9.17, 15) is 14.4 Å². The van der Waals surface area contributed by atoms with Crippen molar-refractivity contribution in [2.24, 2.45) is 0 Å². The molecule has 7 heteroatoms. The van der Waals surface area contributed by atoms with Crippen LogP contribution in [0.1, 0.15) is 48.2 Å². The summed E-state index contributed by atoms with van der Waals surface area (Å²) in [6, 6.07) is 2.73. The van der Waals surface area contributed by atoms with Crippen LogP contribution in [0.3, 0.4) is 0 Å². The third kappa shape index (κ3) is 2.43. The van der Waals surface area contributed by atoms with Gasteiger partial charge < -0.3 is 5.32 Å². The molecule has 1 aliphatic carbocycles. The molecule has 1 aliphatic heterocycles. The highest BCUT2D eigenvalue weighted by molar-refractivity contribution is 6.09. The van der Waals surface area contributed by atoms with Gasteiger partial charge in [0.15, 0.2) is 0 Å². The smallest absolute Gasteiger partial charge is 0.322 e. The molecule has 2 heterocycles. The van der Waals surface area contributed by atoms with Gasteiger partial charge in [0.2, 0.25) is 0 Å². The molecule has 3 rings (SSSR count). The van der Waals surface area contributed by atoms with Gasteiger partial charge in [-0.25, -0.2) is 4.79 Å². The lowest BCUT2D eigenvalue weighted by Gasteiger charge is -2.30. The van der Waals surface area contributed by atoms with E-state index in [2.05, 4.69) is 15.7 Å². The molecule has 2 fully saturated rings. The lowest BCUT2D eigenvalue weighted by atomic mass is 9.82. The van der Waals surface area contributed by atoms with E-state index in [0.717, 1.165) is 30.0 Å². The van der Waals surface area contributed by atoms with Crippen molar-refractivity contribution in [3.05, 3.63) is 29.6 Å². The molecule has 116 valence electrons. The van der Waals surface area contributed by atoms with Crippen LogP contribution in [-0.2, 0) is 4.79 Å². The van der Waals surface area contributed by atoms with Crippen molar-refractivity contribution in [3.8, 4) is 0 Å². The van der Waals surface area contributed by atoms with Crippen LogP contribution in [-0.4, -0.2) is 33.4 Å². The predicted molar refractivity (Wildman–Crippen MR) is 77.6 cm³/mol. The zero-order valence-electron chi connectivity index (χ0n) is 12.4. The lowest BCUT2D eigenvalue weighted by Crippen LogP contribution is -2.50. The first-order valence-corrected chi connectivity index (χ1v) is 7.42. The summed E-state index contributed by atoms with van der Waals surface area (Å²) < 4.78 is 0. The van der Waals surface area contributed by atoms with E-state index < -0.39 is 17.5 Å². The first kappa shape index (κ1) is 14.5. The van der Waals surface area contributed by atoms with Gasteiger partial charge in [-0.15, -0.1) is 0 Å². The van der Waals surface area contributed by atoms with E-state index in [0.29, 0.717) is 18.4 Å². The Morgan fingerprint density at radius 3 is 2.64 bits per heavy atom. The van der Waals surface area contributed by atoms with Crippen LogP contribution in [0.15, 0.2) is 18.3 Å². The summed E-state index contributed by atoms with van der Waals surface area (Å²) in [7, 11) is 0. The second-order valence-electron chi connectivity index (χ2n) is 5.84. The molecule has 2 N–H and O–H groups in total. The summed E-state index contributed by atoms with van der Waals surface area (Å²) in [5.74, 6) is -0.894. The Hall–Kier alpha value is -2.44. The Morgan fingerprint density at radius 2 is 2.00 bits per heavy atom. The molecule has 1 spiro atoms. The number of carbonyl (C=O) groups is 3. The second-order valence-corrected chi connectivity index (χ2v) is 5.84. The largest absolute Gasteiger partial charge is 0.344 e. The number of imide groups is 1. The fraction of sp³-hybridized carbons (Fsp3) is 0.467. The van der Waals surface area contributed by atoms with Crippen LogP contribution in [0.5, 0.6) is 0 Å². The maximum absolute atomic E-state index is 12.5. The summed E-state index contributed by atoms with van der Waals surface area (Å²) >= 11 is 0. The van der Waals surface area contributed by atoms with Crippen LogP contribution in [0, 0.1) is 6.92 Å². The first-order chi connectivity index (χ1) is 10.5. The Bertz CT molecular complexity index is 620. The van der Waals surface area contributed by atoms with E-state index in [4.69, 9.17) is 0 Å². The zero-order chi connectivity index (χ0) is 15.7. The highest BCUT2D eigenvalue weighted by Crippen LogP contribution is 2.33. The number of aryl methyl sites for hydroxylation is 1. The Kier molecular flexibility index (Phi) is 3.56. The number of amides is 4. The highest BCUT2D eigenvalue weighted by atomic mass is 16.2. The zero-order valence-corrected chi connectivity index (χ0v) is 12.4. The van der Waals surface area contributed by atoms with Gasteiger partial charge in [-0.05, 0) is 31.9 Å². The number of hydrogen-bond donors (Lipinski definition) is 2. The number of aromatic nitrogens is 1. The topological polar surface area (TPSA) is 91.4 Å². The summed E-state index contributed by atoms with van der Waals surface area (Å²) in [6.45, 7) is 1.81. The number of nitrogens with one attached hydrogen (secondary N) is 2. The third-order valence-electron chi connectivity index (χ3n) is 4.26. The molecule has 22 heavy (non-hydrogen) atoms. The van der Waals surface area contributed by atoms with Crippen molar-refractivity contribution in [1.82, 2.24) is 20.7 Å². The molecule has 0 aromatic carbocycles. The molecule has 1 aromatic rings. The molecule has 7 nitrogen and oxygen atoms in total. The van der Waals surface area contributed by atoms with E-state index in [1.807, 2.05) is 6.92 Å². The average Bonchev–Trinajstić information content (AvgIpc) is 2.73. The Balaban J connectivity index is 1.74. The number of rotatable bonds is 2. The van der Waals surface area contributed by atoms with Crippen LogP contribution in [0.2, 0.25) is 0 Å². The first-order valence-electron chi connectivity index (χ1n) is 7.42. The Labute approximate surface area is 128 Å². The van der Waals surface area contributed by atoms with E-state index >= 15 is 0 Å². The quantitative estimate of drug-likeness (QED) is 0.805. The van der Waals surface area contributed by atoms with Crippen molar-refractivity contribution in [2.75, 3.05) is 0 Å². The maximum atomic E-state index is 12.5. The lowest BCUT2D eigenvalue weighted by molar-refractivity contribution is -0.134. The monoisotopic (exact) mass is 302 g/mol. The van der Waals surface area contributed by atoms with Gasteiger partial charge in [0.1, 0.15) is 5.54 Å². The average molecular weight is 302 g/mol. The minimum atomic E-state index is -0.839. The maximum Gasteiger partial charge on any atom is 0.344 e. The van der Waals surface area contributed by atoms with Crippen LogP contribution in [0.25, 0.3) is 0 Å². The van der Waals surface area contributed by atoms with Gasteiger partial charge in [-0.1, -0.05) is 19.3 Å². The van der Waals surface area contributed by atoms with Gasteiger partial charge in [0.25, 0.3) is 11.8 Å². The number of hydrogen-bond acceptors (Lipinski definition) is 4. The molecule has 4 amide bonds. The standard InChI is InChI=1S/C15H18N4O3/c1-10-5-6-11(9-16-10)12(20)18-19-13(21)15(17-14(19)22)7-3-2-4-8-15/h5-6,9H,2-4,7-8H2,1H3,(H,17,22)(H,18,20). The minimum absolute atomic E-state index is 0.302. The van der Waals surface area contributed by atoms with Crippen molar-refractivity contribution < 1.29 is 14.4 Å². The van der Waals surface area contributed by atoms with Crippen molar-refractivity contribution in [2.45, 2.75) is 44.6 Å². The molecule has 0 radical (unpaired) electrons. The fourth-order valence-corrected chi connectivity index (χ4v) is 2.98. The van der Waals surface area contributed by atoms with E-state index in [1.54, 1.807) is 12.1 Å². The van der Waals surface area contributed by atoms with Crippen molar-refractivity contribution >= 4 is 17.8 Å². The number of pyridine rings is 1. The summed E-state index contributed by atoms with van der Waals surface area (Å²) in [4.78, 5) is 40.7. The molecule has 1 saturated carbocycles. The van der Waals surface area contributed by atoms with Crippen LogP contribution in [0.4, 0.5) is 4.79 Å². The van der Waals surface area contributed by atoms with Crippen molar-refractivity contribution in [3.63, 3.8) is 0 Å². The summed E-state index contributed by atoms with van der Waals surface area (Å²) in [5, 5.41) is 3.54. The normalized spacial score (nSPS) is 20.1. The molecule has 0 unspecified atom stereocenters. The molecular weight excluding hydrogens is 284 g/mol. The molecule has 0 bridgehead atoms. The highest BCUT2D eigenvalue weighted by Gasteiger charge is 2.52. The number of nitrogens with zero attached hydrogens (tertiary/aromatic N) is 2. The van der Waals surface area contributed by atoms with Gasteiger partial charge in [0, 0.05) is 11.9 Å². The summed E-state index contributed by atoms with van der Waals surface area (Å²) in [5.41, 5.74) is 2.63. The number of urea groups is 1.